The number of likely N-dealkylation sites (tertiary alicyclic amines) is 2. The molecule has 0 spiro atoms. The first-order chi connectivity index (χ1) is 14.5. The van der Waals surface area contributed by atoms with E-state index in [0.29, 0.717) is 34.6 Å². The average Bonchev–Trinajstić information content (AvgIpc) is 3.39. The van der Waals surface area contributed by atoms with Crippen molar-refractivity contribution in [3.05, 3.63) is 57.1 Å². The maximum absolute atomic E-state index is 12.9. The van der Waals surface area contributed by atoms with Gasteiger partial charge in [-0.2, -0.15) is 0 Å². The first-order valence-electron chi connectivity index (χ1n) is 10.6. The number of hydrogen-bond acceptors (Lipinski definition) is 4. The van der Waals surface area contributed by atoms with Gasteiger partial charge in [0.05, 0.1) is 15.6 Å². The van der Waals surface area contributed by atoms with E-state index in [-0.39, 0.29) is 36.3 Å². The van der Waals surface area contributed by atoms with Crippen molar-refractivity contribution in [2.45, 2.75) is 38.8 Å². The molecule has 0 aromatic heterocycles. The first kappa shape index (κ1) is 27.0. The van der Waals surface area contributed by atoms with Gasteiger partial charge in [0, 0.05) is 29.9 Å². The van der Waals surface area contributed by atoms with Crippen molar-refractivity contribution in [2.24, 2.45) is 0 Å². The van der Waals surface area contributed by atoms with Crippen LogP contribution in [0.15, 0.2) is 30.3 Å². The zero-order valence-corrected chi connectivity index (χ0v) is 20.9. The van der Waals surface area contributed by atoms with Gasteiger partial charge in [-0.15, -0.1) is 24.8 Å². The van der Waals surface area contributed by atoms with Crippen molar-refractivity contribution in [1.82, 2.24) is 9.80 Å². The fourth-order valence-electron chi connectivity index (χ4n) is 4.34. The molecule has 2 aliphatic heterocycles. The minimum atomic E-state index is -0.351. The third-order valence-electron chi connectivity index (χ3n) is 5.90. The van der Waals surface area contributed by atoms with Gasteiger partial charge in [0.25, 0.3) is 5.91 Å². The normalized spacial score (nSPS) is 16.4. The van der Waals surface area contributed by atoms with Crippen LogP contribution in [-0.4, -0.2) is 47.0 Å². The Labute approximate surface area is 211 Å². The number of carbonyl (C=O) groups is 1. The number of phenols is 1. The summed E-state index contributed by atoms with van der Waals surface area (Å²) < 4.78 is 0. The molecule has 0 radical (unpaired) electrons. The molecule has 4 rings (SSSR count). The number of carbonyl (C=O) groups excluding carboxylic acids is 1. The number of hydrogen-bond donors (Lipinski definition) is 2. The highest BCUT2D eigenvalue weighted by Crippen LogP contribution is 2.32. The summed E-state index contributed by atoms with van der Waals surface area (Å²) in [5.41, 5.74) is 2.59. The second-order valence-corrected chi connectivity index (χ2v) is 8.97. The van der Waals surface area contributed by atoms with Crippen LogP contribution < -0.4 is 5.32 Å². The number of halogens is 4. The van der Waals surface area contributed by atoms with Crippen LogP contribution in [0.1, 0.15) is 47.2 Å². The molecule has 0 aliphatic carbocycles. The number of nitrogens with zero attached hydrogens (tertiary/aromatic N) is 2. The number of amides is 1. The smallest absolute Gasteiger partial charge is 0.258 e. The van der Waals surface area contributed by atoms with E-state index in [1.165, 1.54) is 25.7 Å². The van der Waals surface area contributed by atoms with E-state index in [2.05, 4.69) is 15.1 Å². The van der Waals surface area contributed by atoms with Gasteiger partial charge in [-0.3, -0.25) is 14.6 Å². The lowest BCUT2D eigenvalue weighted by Crippen LogP contribution is -2.21. The van der Waals surface area contributed by atoms with E-state index in [9.17, 15) is 9.90 Å². The van der Waals surface area contributed by atoms with Gasteiger partial charge in [-0.25, -0.2) is 0 Å². The van der Waals surface area contributed by atoms with E-state index < -0.39 is 0 Å². The first-order valence-corrected chi connectivity index (χ1v) is 11.3. The number of nitrogens with one attached hydrogen (secondary N) is 1. The molecule has 9 heteroatoms. The second kappa shape index (κ2) is 12.3. The van der Waals surface area contributed by atoms with Crippen LogP contribution in [0.25, 0.3) is 0 Å². The largest absolute Gasteiger partial charge is 0.507 e. The fraction of sp³-hybridized carbons (Fsp3) is 0.435. The highest BCUT2D eigenvalue weighted by Gasteiger charge is 2.21. The summed E-state index contributed by atoms with van der Waals surface area (Å²) in [6, 6.07) is 8.74. The quantitative estimate of drug-likeness (QED) is 0.459. The summed E-state index contributed by atoms with van der Waals surface area (Å²) in [5.74, 6) is -0.0156. The molecule has 0 atom stereocenters. The molecular formula is C23H29Cl4N3O2. The standard InChI is InChI=1S/C23H27Cl2N3O2.2ClH/c24-19-6-5-7-20(25)21(19)23(30)26-18-12-16(14-27-8-1-2-9-27)22(29)17(13-18)15-28-10-3-4-11-28;;/h5-7,12-13,29H,1-4,8-11,14-15H2,(H,26,30);2*1H. The Hall–Kier alpha value is -1.21. The summed E-state index contributed by atoms with van der Waals surface area (Å²) in [4.78, 5) is 17.6. The SMILES string of the molecule is Cl.Cl.O=C(Nc1cc(CN2CCCC2)c(O)c(CN2CCCC2)c1)c1c(Cl)cccc1Cl. The van der Waals surface area contributed by atoms with Gasteiger partial charge in [-0.1, -0.05) is 29.3 Å². The van der Waals surface area contributed by atoms with Crippen LogP contribution in [0.2, 0.25) is 10.0 Å². The van der Waals surface area contributed by atoms with Gasteiger partial charge in [-0.05, 0) is 76.1 Å². The summed E-state index contributed by atoms with van der Waals surface area (Å²) in [6.45, 7) is 5.49. The Morgan fingerprint density at radius 1 is 0.875 bits per heavy atom. The fourth-order valence-corrected chi connectivity index (χ4v) is 4.91. The lowest BCUT2D eigenvalue weighted by atomic mass is 10.1. The van der Waals surface area contributed by atoms with Gasteiger partial charge in [0.2, 0.25) is 0 Å². The lowest BCUT2D eigenvalue weighted by molar-refractivity contribution is 0.102. The van der Waals surface area contributed by atoms with Crippen LogP contribution in [0, 0.1) is 0 Å². The van der Waals surface area contributed by atoms with Crippen LogP contribution in [0.3, 0.4) is 0 Å². The average molecular weight is 521 g/mol. The number of aromatic hydroxyl groups is 1. The molecule has 32 heavy (non-hydrogen) atoms. The molecule has 2 saturated heterocycles. The maximum atomic E-state index is 12.9. The van der Waals surface area contributed by atoms with E-state index in [1.807, 2.05) is 12.1 Å². The van der Waals surface area contributed by atoms with Gasteiger partial charge < -0.3 is 10.4 Å². The van der Waals surface area contributed by atoms with Gasteiger partial charge in [0.15, 0.2) is 0 Å². The van der Waals surface area contributed by atoms with Crippen molar-refractivity contribution >= 4 is 59.6 Å². The lowest BCUT2D eigenvalue weighted by Gasteiger charge is -2.21. The molecule has 2 aromatic rings. The zero-order chi connectivity index (χ0) is 21.1. The van der Waals surface area contributed by atoms with Crippen molar-refractivity contribution < 1.29 is 9.90 Å². The minimum absolute atomic E-state index is 0. The molecule has 2 aliphatic rings. The minimum Gasteiger partial charge on any atom is -0.507 e. The van der Waals surface area contributed by atoms with E-state index in [4.69, 9.17) is 23.2 Å². The monoisotopic (exact) mass is 519 g/mol. The highest BCUT2D eigenvalue weighted by molar-refractivity contribution is 6.40. The third-order valence-corrected chi connectivity index (χ3v) is 6.53. The number of benzene rings is 2. The topological polar surface area (TPSA) is 55.8 Å². The predicted molar refractivity (Wildman–Crippen MR) is 136 cm³/mol. The molecule has 0 saturated carbocycles. The third kappa shape index (κ3) is 6.43. The van der Waals surface area contributed by atoms with E-state index in [1.54, 1.807) is 18.2 Å². The van der Waals surface area contributed by atoms with Crippen LogP contribution in [-0.2, 0) is 13.1 Å². The van der Waals surface area contributed by atoms with Crippen LogP contribution in [0.5, 0.6) is 5.75 Å². The van der Waals surface area contributed by atoms with Gasteiger partial charge in [0.1, 0.15) is 5.75 Å². The molecule has 0 bridgehead atoms. The van der Waals surface area contributed by atoms with Crippen molar-refractivity contribution in [2.75, 3.05) is 31.5 Å². The van der Waals surface area contributed by atoms with Crippen molar-refractivity contribution in [3.63, 3.8) is 0 Å². The Balaban J connectivity index is 0.00000181. The number of phenolic OH excluding ortho intramolecular Hbond substituents is 1. The number of rotatable bonds is 6. The molecule has 2 heterocycles. The Morgan fingerprint density at radius 3 is 1.75 bits per heavy atom. The predicted octanol–water partition coefficient (Wildman–Crippen LogP) is 5.99. The van der Waals surface area contributed by atoms with Crippen molar-refractivity contribution in [3.8, 4) is 5.75 Å². The Morgan fingerprint density at radius 2 is 1.31 bits per heavy atom. The van der Waals surface area contributed by atoms with E-state index in [0.717, 1.165) is 37.3 Å². The number of anilines is 1. The molecule has 2 N–H and O–H groups in total. The molecule has 1 amide bonds. The molecule has 0 unspecified atom stereocenters. The van der Waals surface area contributed by atoms with Gasteiger partial charge >= 0.3 is 0 Å². The molecule has 2 fully saturated rings. The van der Waals surface area contributed by atoms with Crippen LogP contribution in [0.4, 0.5) is 5.69 Å². The molecule has 2 aromatic carbocycles. The second-order valence-electron chi connectivity index (χ2n) is 8.16. The summed E-state index contributed by atoms with van der Waals surface area (Å²) in [7, 11) is 0. The Kier molecular flexibility index (Phi) is 10.4. The van der Waals surface area contributed by atoms with Crippen molar-refractivity contribution in [1.29, 1.82) is 0 Å². The highest BCUT2D eigenvalue weighted by atomic mass is 35.5. The van der Waals surface area contributed by atoms with Crippen LogP contribution >= 0.6 is 48.0 Å². The molecule has 176 valence electrons. The maximum Gasteiger partial charge on any atom is 0.258 e. The molecule has 5 nitrogen and oxygen atoms in total. The summed E-state index contributed by atoms with van der Waals surface area (Å²) in [5, 5.41) is 14.5. The zero-order valence-electron chi connectivity index (χ0n) is 17.8. The van der Waals surface area contributed by atoms with E-state index >= 15 is 0 Å². The summed E-state index contributed by atoms with van der Waals surface area (Å²) in [6.07, 6.45) is 4.73. The summed E-state index contributed by atoms with van der Waals surface area (Å²) >= 11 is 12.4. The molecular weight excluding hydrogens is 492 g/mol. The Bertz CT molecular complexity index is 870.